The normalized spacial score (nSPS) is 12.6. The predicted molar refractivity (Wildman–Crippen MR) is 45.5 cm³/mol. The highest BCUT2D eigenvalue weighted by molar-refractivity contribution is 6.30. The number of ether oxygens (including phenoxy) is 1. The molecule has 0 saturated heterocycles. The molecule has 11 heavy (non-hydrogen) atoms. The van der Waals surface area contributed by atoms with Crippen LogP contribution in [0.4, 0.5) is 0 Å². The van der Waals surface area contributed by atoms with Crippen molar-refractivity contribution in [2.24, 2.45) is 0 Å². The molecule has 0 rings (SSSR count). The van der Waals surface area contributed by atoms with Crippen molar-refractivity contribution in [2.75, 3.05) is 6.61 Å². The van der Waals surface area contributed by atoms with Crippen LogP contribution >= 0.6 is 11.6 Å². The van der Waals surface area contributed by atoms with E-state index >= 15 is 0 Å². The average Bonchev–Trinajstić information content (AvgIpc) is 1.97. The zero-order chi connectivity index (χ0) is 8.69. The molecule has 1 radical (unpaired) electrons. The van der Waals surface area contributed by atoms with Crippen LogP contribution in [0.15, 0.2) is 0 Å². The fourth-order valence-corrected chi connectivity index (χ4v) is 0.678. The molecule has 0 fully saturated rings. The molecule has 0 aliphatic heterocycles. The number of carbonyl (C=O) groups excluding carboxylic acids is 1. The summed E-state index contributed by atoms with van der Waals surface area (Å²) in [6, 6.07) is 0. The van der Waals surface area contributed by atoms with Gasteiger partial charge in [0.05, 0.1) is 6.61 Å². The molecule has 0 heterocycles. The van der Waals surface area contributed by atoms with E-state index in [1.165, 1.54) is 0 Å². The first-order valence-corrected chi connectivity index (χ1v) is 4.26. The molecule has 0 spiro atoms. The fourth-order valence-electron chi connectivity index (χ4n) is 0.615. The molecule has 0 aliphatic carbocycles. The summed E-state index contributed by atoms with van der Waals surface area (Å²) < 4.78 is 4.77. The molecule has 65 valence electrons. The van der Waals surface area contributed by atoms with Crippen molar-refractivity contribution in [2.45, 2.75) is 31.6 Å². The Labute approximate surface area is 72.9 Å². The lowest BCUT2D eigenvalue weighted by Gasteiger charge is -2.04. The Kier molecular flexibility index (Phi) is 6.33. The SMILES string of the molecule is [CH2]C(Cl)C(=O)OCCCCC. The molecule has 0 aromatic carbocycles. The first kappa shape index (κ1) is 10.8. The second kappa shape index (κ2) is 6.47. The van der Waals surface area contributed by atoms with Gasteiger partial charge in [0.15, 0.2) is 0 Å². The summed E-state index contributed by atoms with van der Waals surface area (Å²) in [6.45, 7) is 5.88. The van der Waals surface area contributed by atoms with Gasteiger partial charge in [-0.3, -0.25) is 4.79 Å². The largest absolute Gasteiger partial charge is 0.465 e. The molecule has 0 bridgehead atoms. The summed E-state index contributed by atoms with van der Waals surface area (Å²) >= 11 is 5.36. The van der Waals surface area contributed by atoms with Crippen LogP contribution in [0.5, 0.6) is 0 Å². The van der Waals surface area contributed by atoms with Gasteiger partial charge in [0.2, 0.25) is 0 Å². The predicted octanol–water partition coefficient (Wildman–Crippen LogP) is 2.16. The van der Waals surface area contributed by atoms with Gasteiger partial charge < -0.3 is 4.74 Å². The lowest BCUT2D eigenvalue weighted by molar-refractivity contribution is -0.142. The lowest BCUT2D eigenvalue weighted by Crippen LogP contribution is -2.15. The van der Waals surface area contributed by atoms with E-state index in [0.29, 0.717) is 6.61 Å². The minimum atomic E-state index is -0.767. The summed E-state index contributed by atoms with van der Waals surface area (Å²) in [5.74, 6) is -0.428. The molecule has 1 unspecified atom stereocenters. The number of hydrogen-bond donors (Lipinski definition) is 0. The van der Waals surface area contributed by atoms with Crippen LogP contribution in [0, 0.1) is 6.92 Å². The molecule has 0 aliphatic rings. The maximum Gasteiger partial charge on any atom is 0.324 e. The third-order valence-electron chi connectivity index (χ3n) is 1.25. The van der Waals surface area contributed by atoms with Crippen LogP contribution < -0.4 is 0 Å². The van der Waals surface area contributed by atoms with E-state index < -0.39 is 11.3 Å². The molecular formula is C8H14ClO2. The number of rotatable bonds is 5. The van der Waals surface area contributed by atoms with Crippen molar-refractivity contribution in [3.05, 3.63) is 6.92 Å². The fraction of sp³-hybridized carbons (Fsp3) is 0.750. The maximum absolute atomic E-state index is 10.7. The highest BCUT2D eigenvalue weighted by atomic mass is 35.5. The van der Waals surface area contributed by atoms with Crippen LogP contribution in [0.1, 0.15) is 26.2 Å². The van der Waals surface area contributed by atoms with Gasteiger partial charge in [0, 0.05) is 0 Å². The van der Waals surface area contributed by atoms with Crippen molar-refractivity contribution >= 4 is 17.6 Å². The average molecular weight is 178 g/mol. The second-order valence-electron chi connectivity index (χ2n) is 2.34. The summed E-state index contributed by atoms with van der Waals surface area (Å²) in [5, 5.41) is -0.767. The maximum atomic E-state index is 10.7. The minimum Gasteiger partial charge on any atom is -0.465 e. The monoisotopic (exact) mass is 177 g/mol. The van der Waals surface area contributed by atoms with Gasteiger partial charge in [-0.25, -0.2) is 0 Å². The van der Waals surface area contributed by atoms with E-state index in [0.717, 1.165) is 19.3 Å². The first-order chi connectivity index (χ1) is 5.18. The molecule has 0 aromatic rings. The number of unbranched alkanes of at least 4 members (excludes halogenated alkanes) is 2. The van der Waals surface area contributed by atoms with Gasteiger partial charge in [0.25, 0.3) is 0 Å². The molecule has 2 nitrogen and oxygen atoms in total. The third kappa shape index (κ3) is 6.17. The Morgan fingerprint density at radius 1 is 1.64 bits per heavy atom. The number of carbonyl (C=O) groups is 1. The Morgan fingerprint density at radius 2 is 2.27 bits per heavy atom. The van der Waals surface area contributed by atoms with Crippen molar-refractivity contribution in [3.63, 3.8) is 0 Å². The van der Waals surface area contributed by atoms with E-state index in [-0.39, 0.29) is 0 Å². The number of alkyl halides is 1. The Morgan fingerprint density at radius 3 is 2.73 bits per heavy atom. The topological polar surface area (TPSA) is 26.3 Å². The van der Waals surface area contributed by atoms with Crippen molar-refractivity contribution in [1.29, 1.82) is 0 Å². The minimum absolute atomic E-state index is 0.428. The van der Waals surface area contributed by atoms with Crippen LogP contribution in [0.3, 0.4) is 0 Å². The lowest BCUT2D eigenvalue weighted by atomic mass is 10.3. The van der Waals surface area contributed by atoms with E-state index in [2.05, 4.69) is 13.8 Å². The highest BCUT2D eigenvalue weighted by Gasteiger charge is 2.09. The molecule has 0 aromatic heterocycles. The summed E-state index contributed by atoms with van der Waals surface area (Å²) in [4.78, 5) is 10.7. The van der Waals surface area contributed by atoms with E-state index in [1.54, 1.807) is 0 Å². The molecule has 3 heteroatoms. The highest BCUT2D eigenvalue weighted by Crippen LogP contribution is 1.99. The molecular weight excluding hydrogens is 164 g/mol. The van der Waals surface area contributed by atoms with E-state index in [1.807, 2.05) is 0 Å². The number of halogens is 1. The van der Waals surface area contributed by atoms with Crippen LogP contribution in [-0.4, -0.2) is 18.0 Å². The van der Waals surface area contributed by atoms with Crippen LogP contribution in [0.25, 0.3) is 0 Å². The Bertz CT molecular complexity index is 113. The van der Waals surface area contributed by atoms with E-state index in [4.69, 9.17) is 16.3 Å². The van der Waals surface area contributed by atoms with Crippen LogP contribution in [-0.2, 0) is 9.53 Å². The van der Waals surface area contributed by atoms with Crippen molar-refractivity contribution < 1.29 is 9.53 Å². The molecule has 0 saturated carbocycles. The smallest absolute Gasteiger partial charge is 0.324 e. The summed E-state index contributed by atoms with van der Waals surface area (Å²) in [5.41, 5.74) is 0. The van der Waals surface area contributed by atoms with Gasteiger partial charge in [-0.15, -0.1) is 11.6 Å². The van der Waals surface area contributed by atoms with Crippen LogP contribution in [0.2, 0.25) is 0 Å². The Balaban J connectivity index is 3.18. The third-order valence-corrected chi connectivity index (χ3v) is 1.43. The van der Waals surface area contributed by atoms with Crippen molar-refractivity contribution in [3.8, 4) is 0 Å². The van der Waals surface area contributed by atoms with Gasteiger partial charge in [-0.2, -0.15) is 0 Å². The molecule has 1 atom stereocenters. The first-order valence-electron chi connectivity index (χ1n) is 3.82. The van der Waals surface area contributed by atoms with Gasteiger partial charge in [-0.05, 0) is 13.3 Å². The van der Waals surface area contributed by atoms with E-state index in [9.17, 15) is 4.79 Å². The summed E-state index contributed by atoms with van der Waals surface area (Å²) in [7, 11) is 0. The van der Waals surface area contributed by atoms with Gasteiger partial charge >= 0.3 is 5.97 Å². The molecule has 0 amide bonds. The second-order valence-corrected chi connectivity index (χ2v) is 2.87. The van der Waals surface area contributed by atoms with Crippen molar-refractivity contribution in [1.82, 2.24) is 0 Å². The number of esters is 1. The van der Waals surface area contributed by atoms with Gasteiger partial charge in [-0.1, -0.05) is 19.8 Å². The zero-order valence-electron chi connectivity index (χ0n) is 6.81. The molecule has 0 N–H and O–H groups in total. The zero-order valence-corrected chi connectivity index (χ0v) is 7.56. The number of hydrogen-bond acceptors (Lipinski definition) is 2. The Hall–Kier alpha value is -0.240. The quantitative estimate of drug-likeness (QED) is 0.366. The summed E-state index contributed by atoms with van der Waals surface area (Å²) in [6.07, 6.45) is 3.11. The van der Waals surface area contributed by atoms with Gasteiger partial charge in [0.1, 0.15) is 5.38 Å². The standard InChI is InChI=1S/C8H14ClO2/c1-3-4-5-6-11-8(10)7(2)9/h7H,2-6H2,1H3.